The predicted octanol–water partition coefficient (Wildman–Crippen LogP) is 2.72. The molecule has 2 rings (SSSR count). The van der Waals surface area contributed by atoms with Crippen molar-refractivity contribution in [1.82, 2.24) is 0 Å². The molecule has 0 spiro atoms. The molecule has 0 saturated heterocycles. The highest BCUT2D eigenvalue weighted by Crippen LogP contribution is 2.44. The van der Waals surface area contributed by atoms with E-state index in [0.29, 0.717) is 30.1 Å². The highest BCUT2D eigenvalue weighted by atomic mass is 32.2. The lowest BCUT2D eigenvalue weighted by Gasteiger charge is -2.32. The molecule has 1 aliphatic rings. The van der Waals surface area contributed by atoms with Crippen molar-refractivity contribution in [2.24, 2.45) is 0 Å². The van der Waals surface area contributed by atoms with Crippen LogP contribution in [-0.4, -0.2) is 53.3 Å². The van der Waals surface area contributed by atoms with Gasteiger partial charge in [-0.15, -0.1) is 0 Å². The minimum Gasteiger partial charge on any atom is -0.493 e. The molecule has 1 fully saturated rings. The Morgan fingerprint density at radius 2 is 1.63 bits per heavy atom. The summed E-state index contributed by atoms with van der Waals surface area (Å²) in [6.07, 6.45) is 2.97. The van der Waals surface area contributed by atoms with Crippen molar-refractivity contribution < 1.29 is 32.2 Å². The lowest BCUT2D eigenvalue weighted by Crippen LogP contribution is -2.35. The normalized spacial score (nSPS) is 20.0. The van der Waals surface area contributed by atoms with E-state index in [1.807, 2.05) is 0 Å². The standard InChI is InChI=1S/C19H28O7S/c1-5-26-18(20)12-27(21,22)17-9-7-6-8-14(17)13-10-15(23-2)19(25-4)16(11-13)24-3/h10-11,14,17H,5-9,12H2,1-4H3/t14-,17-/m1/s1. The second kappa shape index (κ2) is 9.30. The fourth-order valence-corrected chi connectivity index (χ4v) is 5.64. The van der Waals surface area contributed by atoms with Gasteiger partial charge in [-0.05, 0) is 37.5 Å². The summed E-state index contributed by atoms with van der Waals surface area (Å²) in [5, 5.41) is -0.640. The van der Waals surface area contributed by atoms with Gasteiger partial charge in [0.15, 0.2) is 21.3 Å². The van der Waals surface area contributed by atoms with Crippen LogP contribution in [0.3, 0.4) is 0 Å². The number of hydrogen-bond donors (Lipinski definition) is 0. The number of hydrogen-bond acceptors (Lipinski definition) is 7. The predicted molar refractivity (Wildman–Crippen MR) is 102 cm³/mol. The van der Waals surface area contributed by atoms with Crippen molar-refractivity contribution in [3.8, 4) is 17.2 Å². The van der Waals surface area contributed by atoms with E-state index in [1.165, 1.54) is 21.3 Å². The monoisotopic (exact) mass is 400 g/mol. The topological polar surface area (TPSA) is 88.1 Å². The molecule has 0 bridgehead atoms. The molecule has 0 N–H and O–H groups in total. The summed E-state index contributed by atoms with van der Waals surface area (Å²) in [7, 11) is 0.926. The van der Waals surface area contributed by atoms with Gasteiger partial charge < -0.3 is 18.9 Å². The first-order valence-corrected chi connectivity index (χ1v) is 10.8. The maximum Gasteiger partial charge on any atom is 0.321 e. The molecule has 0 amide bonds. The van der Waals surface area contributed by atoms with Crippen molar-refractivity contribution in [2.75, 3.05) is 33.7 Å². The second-order valence-electron chi connectivity index (χ2n) is 6.50. The van der Waals surface area contributed by atoms with Crippen LogP contribution in [0.25, 0.3) is 0 Å². The average Bonchev–Trinajstić information content (AvgIpc) is 2.66. The zero-order chi connectivity index (χ0) is 20.0. The van der Waals surface area contributed by atoms with Crippen molar-refractivity contribution >= 4 is 15.8 Å². The minimum absolute atomic E-state index is 0.162. The van der Waals surface area contributed by atoms with Gasteiger partial charge in [0.05, 0.1) is 33.2 Å². The summed E-state index contributed by atoms with van der Waals surface area (Å²) in [6, 6.07) is 3.59. The molecule has 7 nitrogen and oxygen atoms in total. The van der Waals surface area contributed by atoms with Crippen LogP contribution < -0.4 is 14.2 Å². The molecule has 8 heteroatoms. The highest BCUT2D eigenvalue weighted by molar-refractivity contribution is 7.92. The molecule has 0 radical (unpaired) electrons. The van der Waals surface area contributed by atoms with Crippen molar-refractivity contribution in [3.05, 3.63) is 17.7 Å². The summed E-state index contributed by atoms with van der Waals surface area (Å²) >= 11 is 0. The van der Waals surface area contributed by atoms with Crippen LogP contribution in [0.1, 0.15) is 44.1 Å². The molecule has 2 atom stereocenters. The van der Waals surface area contributed by atoms with Gasteiger partial charge in [-0.3, -0.25) is 4.79 Å². The van der Waals surface area contributed by atoms with Crippen LogP contribution in [0, 0.1) is 0 Å². The Morgan fingerprint density at radius 3 is 2.15 bits per heavy atom. The van der Waals surface area contributed by atoms with E-state index in [4.69, 9.17) is 18.9 Å². The number of rotatable bonds is 8. The average molecular weight is 400 g/mol. The Hall–Kier alpha value is -1.96. The van der Waals surface area contributed by atoms with Gasteiger partial charge in [-0.1, -0.05) is 12.8 Å². The van der Waals surface area contributed by atoms with Crippen molar-refractivity contribution in [3.63, 3.8) is 0 Å². The third-order valence-corrected chi connectivity index (χ3v) is 7.03. The van der Waals surface area contributed by atoms with E-state index in [-0.39, 0.29) is 12.5 Å². The summed E-state index contributed by atoms with van der Waals surface area (Å²) in [5.74, 6) is -0.103. The molecule has 1 aliphatic carbocycles. The van der Waals surface area contributed by atoms with E-state index in [1.54, 1.807) is 19.1 Å². The number of sulfone groups is 1. The lowest BCUT2D eigenvalue weighted by atomic mass is 9.83. The number of benzene rings is 1. The molecule has 152 valence electrons. The van der Waals surface area contributed by atoms with Crippen LogP contribution in [0.4, 0.5) is 0 Å². The number of carbonyl (C=O) groups is 1. The number of esters is 1. The van der Waals surface area contributed by atoms with Crippen LogP contribution in [0.15, 0.2) is 12.1 Å². The summed E-state index contributed by atoms with van der Waals surface area (Å²) in [4.78, 5) is 11.8. The summed E-state index contributed by atoms with van der Waals surface area (Å²) in [6.45, 7) is 1.82. The van der Waals surface area contributed by atoms with E-state index >= 15 is 0 Å². The van der Waals surface area contributed by atoms with Gasteiger partial charge >= 0.3 is 5.97 Å². The van der Waals surface area contributed by atoms with E-state index in [2.05, 4.69) is 0 Å². The fraction of sp³-hybridized carbons (Fsp3) is 0.632. The fourth-order valence-electron chi connectivity index (χ4n) is 3.70. The minimum atomic E-state index is -3.64. The molecular formula is C19H28O7S. The summed E-state index contributed by atoms with van der Waals surface area (Å²) in [5.41, 5.74) is 0.807. The van der Waals surface area contributed by atoms with Crippen molar-refractivity contribution in [2.45, 2.75) is 43.8 Å². The Labute approximate surface area is 160 Å². The van der Waals surface area contributed by atoms with Crippen molar-refractivity contribution in [1.29, 1.82) is 0 Å². The molecule has 0 unspecified atom stereocenters. The summed E-state index contributed by atoms with van der Waals surface area (Å²) < 4.78 is 46.8. The first kappa shape index (κ1) is 21.3. The SMILES string of the molecule is CCOC(=O)CS(=O)(=O)[C@@H]1CCCC[C@@H]1c1cc(OC)c(OC)c(OC)c1. The molecule has 1 aromatic carbocycles. The number of ether oxygens (including phenoxy) is 4. The van der Waals surface area contributed by atoms with Gasteiger partial charge in [-0.25, -0.2) is 8.42 Å². The molecule has 0 heterocycles. The number of carbonyl (C=O) groups excluding carboxylic acids is 1. The first-order valence-electron chi connectivity index (χ1n) is 9.05. The smallest absolute Gasteiger partial charge is 0.321 e. The molecule has 1 aromatic rings. The third kappa shape index (κ3) is 4.86. The Morgan fingerprint density at radius 1 is 1.04 bits per heavy atom. The van der Waals surface area contributed by atoms with Crippen LogP contribution in [0.2, 0.25) is 0 Å². The zero-order valence-corrected chi connectivity index (χ0v) is 17.1. The van der Waals surface area contributed by atoms with Crippen LogP contribution >= 0.6 is 0 Å². The van der Waals surface area contributed by atoms with E-state index in [0.717, 1.165) is 18.4 Å². The maximum absolute atomic E-state index is 12.9. The number of methoxy groups -OCH3 is 3. The van der Waals surface area contributed by atoms with Gasteiger partial charge in [-0.2, -0.15) is 0 Å². The second-order valence-corrected chi connectivity index (χ2v) is 8.72. The van der Waals surface area contributed by atoms with Gasteiger partial charge in [0.1, 0.15) is 5.75 Å². The third-order valence-electron chi connectivity index (χ3n) is 4.90. The van der Waals surface area contributed by atoms with Gasteiger partial charge in [0.25, 0.3) is 0 Å². The maximum atomic E-state index is 12.9. The molecule has 0 aromatic heterocycles. The Balaban J connectivity index is 2.41. The molecular weight excluding hydrogens is 372 g/mol. The van der Waals surface area contributed by atoms with Gasteiger partial charge in [0, 0.05) is 5.92 Å². The van der Waals surface area contributed by atoms with Gasteiger partial charge in [0.2, 0.25) is 5.75 Å². The van der Waals surface area contributed by atoms with E-state index < -0.39 is 26.8 Å². The quantitative estimate of drug-likeness (QED) is 0.620. The lowest BCUT2D eigenvalue weighted by molar-refractivity contribution is -0.139. The Bertz CT molecular complexity index is 732. The zero-order valence-electron chi connectivity index (χ0n) is 16.3. The highest BCUT2D eigenvalue weighted by Gasteiger charge is 2.38. The van der Waals surface area contributed by atoms with Crippen LogP contribution in [0.5, 0.6) is 17.2 Å². The Kier molecular flexibility index (Phi) is 7.35. The first-order chi connectivity index (χ1) is 12.9. The molecule has 27 heavy (non-hydrogen) atoms. The largest absolute Gasteiger partial charge is 0.493 e. The van der Waals surface area contributed by atoms with E-state index in [9.17, 15) is 13.2 Å². The molecule has 1 saturated carbocycles. The van der Waals surface area contributed by atoms with Crippen LogP contribution in [-0.2, 0) is 19.4 Å². The molecule has 0 aliphatic heterocycles.